The highest BCUT2D eigenvalue weighted by molar-refractivity contribution is 6.31. The lowest BCUT2D eigenvalue weighted by Gasteiger charge is -2.35. The smallest absolute Gasteiger partial charge is 0.279 e. The van der Waals surface area contributed by atoms with E-state index >= 15 is 0 Å². The van der Waals surface area contributed by atoms with Gasteiger partial charge in [-0.2, -0.15) is 0 Å². The number of nitrogens with one attached hydrogen (secondary N) is 1. The standard InChI is InChI=1S/C16H23ClN2O/c1-12-8-9-13(17)10-15(12)18-16(20)11-19(2,3)14-6-4-5-7-14/h8-10,14H,4-7,11H2,1-3H3/p+1. The minimum absolute atomic E-state index is 0.0623. The quantitative estimate of drug-likeness (QED) is 0.845. The van der Waals surface area contributed by atoms with Crippen molar-refractivity contribution in [1.82, 2.24) is 0 Å². The molecule has 4 heteroatoms. The van der Waals surface area contributed by atoms with E-state index in [-0.39, 0.29) is 5.91 Å². The van der Waals surface area contributed by atoms with Crippen LogP contribution in [0.3, 0.4) is 0 Å². The fourth-order valence-electron chi connectivity index (χ4n) is 3.02. The summed E-state index contributed by atoms with van der Waals surface area (Å²) in [6, 6.07) is 6.19. The number of benzene rings is 1. The summed E-state index contributed by atoms with van der Waals surface area (Å²) in [7, 11) is 4.31. The molecule has 1 saturated carbocycles. The van der Waals surface area contributed by atoms with Gasteiger partial charge >= 0.3 is 0 Å². The summed E-state index contributed by atoms with van der Waals surface area (Å²) >= 11 is 5.98. The van der Waals surface area contributed by atoms with Crippen molar-refractivity contribution in [3.05, 3.63) is 28.8 Å². The largest absolute Gasteiger partial charge is 0.321 e. The molecule has 3 nitrogen and oxygen atoms in total. The molecule has 2 rings (SSSR count). The first-order valence-electron chi connectivity index (χ1n) is 7.27. The Labute approximate surface area is 126 Å². The Morgan fingerprint density at radius 2 is 2.00 bits per heavy atom. The Morgan fingerprint density at radius 3 is 2.65 bits per heavy atom. The number of likely N-dealkylation sites (N-methyl/N-ethyl adjacent to an activating group) is 1. The number of rotatable bonds is 4. The maximum absolute atomic E-state index is 12.3. The number of anilines is 1. The van der Waals surface area contributed by atoms with Gasteiger partial charge in [0.25, 0.3) is 5.91 Å². The van der Waals surface area contributed by atoms with Crippen molar-refractivity contribution in [1.29, 1.82) is 0 Å². The Hall–Kier alpha value is -1.06. The van der Waals surface area contributed by atoms with Crippen molar-refractivity contribution in [3.8, 4) is 0 Å². The zero-order valence-electron chi connectivity index (χ0n) is 12.6. The third-order valence-corrected chi connectivity index (χ3v) is 4.57. The molecule has 0 aromatic heterocycles. The summed E-state index contributed by atoms with van der Waals surface area (Å²) < 4.78 is 0.769. The molecular weight excluding hydrogens is 272 g/mol. The number of hydrogen-bond acceptors (Lipinski definition) is 1. The summed E-state index contributed by atoms with van der Waals surface area (Å²) in [5.41, 5.74) is 1.85. The topological polar surface area (TPSA) is 29.1 Å². The molecule has 0 spiro atoms. The van der Waals surface area contributed by atoms with Gasteiger partial charge in [0, 0.05) is 10.7 Å². The number of aryl methyl sites for hydroxylation is 1. The van der Waals surface area contributed by atoms with E-state index in [2.05, 4.69) is 19.4 Å². The Balaban J connectivity index is 1.99. The monoisotopic (exact) mass is 295 g/mol. The number of halogens is 1. The van der Waals surface area contributed by atoms with Gasteiger partial charge in [-0.25, -0.2) is 0 Å². The molecule has 0 unspecified atom stereocenters. The van der Waals surface area contributed by atoms with Crippen LogP contribution in [0.4, 0.5) is 5.69 Å². The van der Waals surface area contributed by atoms with Gasteiger partial charge in [-0.05, 0) is 50.3 Å². The summed E-state index contributed by atoms with van der Waals surface area (Å²) in [6.07, 6.45) is 5.05. The van der Waals surface area contributed by atoms with Crippen LogP contribution in [-0.4, -0.2) is 37.1 Å². The predicted octanol–water partition coefficient (Wildman–Crippen LogP) is 3.61. The minimum Gasteiger partial charge on any atom is -0.321 e. The van der Waals surface area contributed by atoms with Gasteiger partial charge in [-0.15, -0.1) is 0 Å². The van der Waals surface area contributed by atoms with E-state index in [1.807, 2.05) is 25.1 Å². The fourth-order valence-corrected chi connectivity index (χ4v) is 3.19. The molecule has 0 saturated heterocycles. The highest BCUT2D eigenvalue weighted by Gasteiger charge is 2.33. The molecule has 1 aromatic rings. The van der Waals surface area contributed by atoms with Crippen LogP contribution in [0.15, 0.2) is 18.2 Å². The molecule has 1 N–H and O–H groups in total. The van der Waals surface area contributed by atoms with Gasteiger partial charge < -0.3 is 9.80 Å². The highest BCUT2D eigenvalue weighted by Crippen LogP contribution is 2.27. The third-order valence-electron chi connectivity index (χ3n) is 4.34. The molecule has 0 heterocycles. The van der Waals surface area contributed by atoms with Crippen molar-refractivity contribution in [3.63, 3.8) is 0 Å². The molecule has 0 atom stereocenters. The van der Waals surface area contributed by atoms with Gasteiger partial charge in [0.15, 0.2) is 6.54 Å². The van der Waals surface area contributed by atoms with Crippen LogP contribution in [0.5, 0.6) is 0 Å². The zero-order chi connectivity index (χ0) is 14.8. The highest BCUT2D eigenvalue weighted by atomic mass is 35.5. The molecule has 1 aliphatic carbocycles. The van der Waals surface area contributed by atoms with E-state index in [1.165, 1.54) is 25.7 Å². The van der Waals surface area contributed by atoms with Crippen molar-refractivity contribution < 1.29 is 9.28 Å². The third kappa shape index (κ3) is 3.74. The lowest BCUT2D eigenvalue weighted by Crippen LogP contribution is -2.51. The van der Waals surface area contributed by atoms with E-state index in [0.717, 1.165) is 15.7 Å². The predicted molar refractivity (Wildman–Crippen MR) is 84.1 cm³/mol. The first kappa shape index (κ1) is 15.3. The molecule has 0 aliphatic heterocycles. The summed E-state index contributed by atoms with van der Waals surface area (Å²) in [6.45, 7) is 2.49. The van der Waals surface area contributed by atoms with Crippen molar-refractivity contribution in [2.24, 2.45) is 0 Å². The molecule has 0 radical (unpaired) electrons. The van der Waals surface area contributed by atoms with E-state index in [0.29, 0.717) is 17.6 Å². The maximum Gasteiger partial charge on any atom is 0.279 e. The Kier molecular flexibility index (Phi) is 4.71. The molecule has 1 amide bonds. The number of carbonyl (C=O) groups excluding carboxylic acids is 1. The molecule has 0 bridgehead atoms. The van der Waals surface area contributed by atoms with Gasteiger partial charge in [0.1, 0.15) is 0 Å². The molecule has 1 aliphatic rings. The van der Waals surface area contributed by atoms with Crippen molar-refractivity contribution in [2.45, 2.75) is 38.6 Å². The first-order chi connectivity index (χ1) is 9.38. The van der Waals surface area contributed by atoms with Gasteiger partial charge in [0.05, 0.1) is 20.1 Å². The van der Waals surface area contributed by atoms with Crippen LogP contribution < -0.4 is 5.32 Å². The minimum atomic E-state index is 0.0623. The maximum atomic E-state index is 12.3. The Morgan fingerprint density at radius 1 is 1.35 bits per heavy atom. The summed E-state index contributed by atoms with van der Waals surface area (Å²) in [4.78, 5) is 12.3. The van der Waals surface area contributed by atoms with Gasteiger partial charge in [0.2, 0.25) is 0 Å². The van der Waals surface area contributed by atoms with Crippen LogP contribution in [0, 0.1) is 6.92 Å². The van der Waals surface area contributed by atoms with Crippen LogP contribution in [0.1, 0.15) is 31.2 Å². The van der Waals surface area contributed by atoms with Crippen LogP contribution in [0.25, 0.3) is 0 Å². The fraction of sp³-hybridized carbons (Fsp3) is 0.562. The molecule has 20 heavy (non-hydrogen) atoms. The average Bonchev–Trinajstić information content (AvgIpc) is 2.87. The molecule has 1 aromatic carbocycles. The molecule has 110 valence electrons. The first-order valence-corrected chi connectivity index (χ1v) is 7.65. The lowest BCUT2D eigenvalue weighted by molar-refractivity contribution is -0.906. The van der Waals surface area contributed by atoms with Gasteiger partial charge in [-0.3, -0.25) is 4.79 Å². The summed E-state index contributed by atoms with van der Waals surface area (Å²) in [5, 5.41) is 3.64. The number of quaternary nitrogens is 1. The second-order valence-corrected chi connectivity index (χ2v) is 6.82. The number of amides is 1. The van der Waals surface area contributed by atoms with Crippen molar-refractivity contribution in [2.75, 3.05) is 26.0 Å². The van der Waals surface area contributed by atoms with Crippen LogP contribution in [0.2, 0.25) is 5.02 Å². The van der Waals surface area contributed by atoms with E-state index < -0.39 is 0 Å². The summed E-state index contributed by atoms with van der Waals surface area (Å²) in [5.74, 6) is 0.0623. The van der Waals surface area contributed by atoms with Gasteiger partial charge in [-0.1, -0.05) is 17.7 Å². The van der Waals surface area contributed by atoms with Crippen LogP contribution >= 0.6 is 11.6 Å². The van der Waals surface area contributed by atoms with E-state index in [1.54, 1.807) is 0 Å². The lowest BCUT2D eigenvalue weighted by atomic mass is 10.1. The van der Waals surface area contributed by atoms with E-state index in [9.17, 15) is 4.79 Å². The second-order valence-electron chi connectivity index (χ2n) is 6.38. The number of hydrogen-bond donors (Lipinski definition) is 1. The molecular formula is C16H24ClN2O+. The SMILES string of the molecule is Cc1ccc(Cl)cc1NC(=O)C[N+](C)(C)C1CCCC1. The normalized spacial score (nSPS) is 16.4. The average molecular weight is 296 g/mol. The van der Waals surface area contributed by atoms with E-state index in [4.69, 9.17) is 11.6 Å². The number of nitrogens with zero attached hydrogens (tertiary/aromatic N) is 1. The Bertz CT molecular complexity index is 493. The zero-order valence-corrected chi connectivity index (χ0v) is 13.3. The number of carbonyl (C=O) groups is 1. The molecule has 1 fully saturated rings. The van der Waals surface area contributed by atoms with Crippen LogP contribution in [-0.2, 0) is 4.79 Å². The van der Waals surface area contributed by atoms with Crippen molar-refractivity contribution >= 4 is 23.2 Å². The second kappa shape index (κ2) is 6.15.